The van der Waals surface area contributed by atoms with Crippen molar-refractivity contribution in [1.29, 1.82) is 0 Å². The van der Waals surface area contributed by atoms with Crippen molar-refractivity contribution in [1.82, 2.24) is 0 Å². The van der Waals surface area contributed by atoms with Gasteiger partial charge in [0.05, 0.1) is 19.3 Å². The molecule has 0 aliphatic heterocycles. The van der Waals surface area contributed by atoms with Gasteiger partial charge in [-0.1, -0.05) is 13.8 Å². The molecule has 0 aromatic carbocycles. The van der Waals surface area contributed by atoms with Crippen LogP contribution in [-0.4, -0.2) is 49.2 Å². The van der Waals surface area contributed by atoms with Crippen molar-refractivity contribution < 1.29 is 14.9 Å². The van der Waals surface area contributed by atoms with E-state index in [2.05, 4.69) is 0 Å². The maximum atomic E-state index is 9.78. The van der Waals surface area contributed by atoms with E-state index in [0.717, 1.165) is 12.8 Å². The highest BCUT2D eigenvalue weighted by Crippen LogP contribution is 2.19. The van der Waals surface area contributed by atoms with Crippen molar-refractivity contribution in [2.75, 3.05) is 32.9 Å². The van der Waals surface area contributed by atoms with Gasteiger partial charge in [-0.2, -0.15) is 0 Å². The van der Waals surface area contributed by atoms with E-state index in [9.17, 15) is 5.11 Å². The fraction of sp³-hybridized carbons (Fsp3) is 1.00. The van der Waals surface area contributed by atoms with Crippen molar-refractivity contribution in [3.05, 3.63) is 0 Å². The monoisotopic (exact) mass is 248 g/mol. The summed E-state index contributed by atoms with van der Waals surface area (Å²) in [4.78, 5) is 0. The van der Waals surface area contributed by atoms with Gasteiger partial charge in [0.1, 0.15) is 0 Å². The standard InChI is InChI=1S/C12H28N2O3/c1-3-10(5-15)11(16)6-17-9-12(4-2,7-13)8-14/h10-11,15-16H,3-9,13-14H2,1-2H3. The molecule has 0 radical (unpaired) electrons. The molecule has 5 nitrogen and oxygen atoms in total. The van der Waals surface area contributed by atoms with E-state index in [-0.39, 0.29) is 24.5 Å². The number of hydrogen-bond donors (Lipinski definition) is 4. The van der Waals surface area contributed by atoms with Crippen LogP contribution < -0.4 is 11.5 Å². The van der Waals surface area contributed by atoms with E-state index in [4.69, 9.17) is 21.3 Å². The molecule has 0 heterocycles. The minimum Gasteiger partial charge on any atom is -0.396 e. The van der Waals surface area contributed by atoms with Crippen LogP contribution in [0.15, 0.2) is 0 Å². The maximum absolute atomic E-state index is 9.78. The van der Waals surface area contributed by atoms with Crippen LogP contribution in [0.3, 0.4) is 0 Å². The predicted molar refractivity (Wildman–Crippen MR) is 68.5 cm³/mol. The lowest BCUT2D eigenvalue weighted by molar-refractivity contribution is -0.0359. The van der Waals surface area contributed by atoms with Crippen molar-refractivity contribution in [3.63, 3.8) is 0 Å². The summed E-state index contributed by atoms with van der Waals surface area (Å²) in [7, 11) is 0. The fourth-order valence-electron chi connectivity index (χ4n) is 1.65. The second-order valence-corrected chi connectivity index (χ2v) is 4.70. The molecule has 5 heteroatoms. The molecule has 0 saturated heterocycles. The third kappa shape index (κ3) is 5.31. The highest BCUT2D eigenvalue weighted by Gasteiger charge is 2.26. The van der Waals surface area contributed by atoms with E-state index in [1.165, 1.54) is 0 Å². The van der Waals surface area contributed by atoms with Crippen LogP contribution in [0.25, 0.3) is 0 Å². The minimum absolute atomic E-state index is 0.0201. The van der Waals surface area contributed by atoms with Crippen LogP contribution in [0.1, 0.15) is 26.7 Å². The number of nitrogens with two attached hydrogens (primary N) is 2. The molecule has 2 unspecified atom stereocenters. The summed E-state index contributed by atoms with van der Waals surface area (Å²) in [5.41, 5.74) is 11.2. The highest BCUT2D eigenvalue weighted by atomic mass is 16.5. The van der Waals surface area contributed by atoms with Gasteiger partial charge in [0.25, 0.3) is 0 Å². The first-order valence-electron chi connectivity index (χ1n) is 6.35. The summed E-state index contributed by atoms with van der Waals surface area (Å²) >= 11 is 0. The Hall–Kier alpha value is -0.200. The van der Waals surface area contributed by atoms with Crippen molar-refractivity contribution in [2.24, 2.45) is 22.8 Å². The molecule has 0 saturated carbocycles. The number of aliphatic hydroxyl groups excluding tert-OH is 2. The van der Waals surface area contributed by atoms with Crippen LogP contribution >= 0.6 is 0 Å². The molecule has 0 rings (SSSR count). The lowest BCUT2D eigenvalue weighted by atomic mass is 9.86. The summed E-state index contributed by atoms with van der Waals surface area (Å²) in [5, 5.41) is 18.8. The Kier molecular flexibility index (Phi) is 8.72. The van der Waals surface area contributed by atoms with Gasteiger partial charge in [0, 0.05) is 31.0 Å². The fourth-order valence-corrected chi connectivity index (χ4v) is 1.65. The van der Waals surface area contributed by atoms with Gasteiger partial charge < -0.3 is 26.4 Å². The molecule has 17 heavy (non-hydrogen) atoms. The predicted octanol–water partition coefficient (Wildman–Crippen LogP) is -0.304. The third-order valence-corrected chi connectivity index (χ3v) is 3.62. The SMILES string of the molecule is CCC(CO)C(O)COCC(CC)(CN)CN. The third-order valence-electron chi connectivity index (χ3n) is 3.62. The highest BCUT2D eigenvalue weighted by molar-refractivity contribution is 4.80. The van der Waals surface area contributed by atoms with Gasteiger partial charge in [-0.15, -0.1) is 0 Å². The van der Waals surface area contributed by atoms with Gasteiger partial charge in [-0.3, -0.25) is 0 Å². The van der Waals surface area contributed by atoms with Crippen molar-refractivity contribution >= 4 is 0 Å². The van der Waals surface area contributed by atoms with E-state index in [0.29, 0.717) is 19.7 Å². The number of hydrogen-bond acceptors (Lipinski definition) is 5. The first-order chi connectivity index (χ1) is 8.09. The zero-order chi connectivity index (χ0) is 13.3. The molecular weight excluding hydrogens is 220 g/mol. The van der Waals surface area contributed by atoms with Crippen molar-refractivity contribution in [3.8, 4) is 0 Å². The molecule has 104 valence electrons. The van der Waals surface area contributed by atoms with E-state index in [1.807, 2.05) is 13.8 Å². The quantitative estimate of drug-likeness (QED) is 0.425. The second kappa shape index (κ2) is 8.83. The maximum Gasteiger partial charge on any atom is 0.0823 e. The molecule has 0 aromatic rings. The molecule has 0 aromatic heterocycles. The van der Waals surface area contributed by atoms with Crippen LogP contribution in [0.5, 0.6) is 0 Å². The number of aliphatic hydroxyl groups is 2. The van der Waals surface area contributed by atoms with Gasteiger partial charge in [0.2, 0.25) is 0 Å². The Balaban J connectivity index is 4.03. The summed E-state index contributed by atoms with van der Waals surface area (Å²) in [5.74, 6) is -0.123. The summed E-state index contributed by atoms with van der Waals surface area (Å²) in [6.07, 6.45) is 0.955. The smallest absolute Gasteiger partial charge is 0.0823 e. The average Bonchev–Trinajstić information content (AvgIpc) is 2.37. The summed E-state index contributed by atoms with van der Waals surface area (Å²) in [6.45, 7) is 5.58. The normalized spacial score (nSPS) is 15.9. The number of ether oxygens (including phenoxy) is 1. The molecule has 0 amide bonds. The summed E-state index contributed by atoms with van der Waals surface area (Å²) < 4.78 is 5.50. The average molecular weight is 248 g/mol. The van der Waals surface area contributed by atoms with Crippen molar-refractivity contribution in [2.45, 2.75) is 32.8 Å². The zero-order valence-corrected chi connectivity index (χ0v) is 11.1. The van der Waals surface area contributed by atoms with Gasteiger partial charge in [0.15, 0.2) is 0 Å². The molecule has 2 atom stereocenters. The van der Waals surface area contributed by atoms with E-state index in [1.54, 1.807) is 0 Å². The van der Waals surface area contributed by atoms with Crippen LogP contribution in [0.4, 0.5) is 0 Å². The van der Waals surface area contributed by atoms with Crippen LogP contribution in [-0.2, 0) is 4.74 Å². The van der Waals surface area contributed by atoms with Gasteiger partial charge >= 0.3 is 0 Å². The second-order valence-electron chi connectivity index (χ2n) is 4.70. The Morgan fingerprint density at radius 2 is 1.82 bits per heavy atom. The molecule has 0 aliphatic carbocycles. The lowest BCUT2D eigenvalue weighted by Gasteiger charge is -2.30. The van der Waals surface area contributed by atoms with Gasteiger partial charge in [-0.25, -0.2) is 0 Å². The largest absolute Gasteiger partial charge is 0.396 e. The first-order valence-corrected chi connectivity index (χ1v) is 6.35. The molecule has 0 spiro atoms. The topological polar surface area (TPSA) is 102 Å². The minimum atomic E-state index is -0.630. The number of rotatable bonds is 10. The Labute approximate surface area is 104 Å². The Bertz CT molecular complexity index is 174. The Morgan fingerprint density at radius 1 is 1.24 bits per heavy atom. The first kappa shape index (κ1) is 16.8. The zero-order valence-electron chi connectivity index (χ0n) is 11.1. The van der Waals surface area contributed by atoms with Crippen LogP contribution in [0, 0.1) is 11.3 Å². The molecule has 0 fully saturated rings. The molecule has 0 aliphatic rings. The Morgan fingerprint density at radius 3 is 2.18 bits per heavy atom. The molecule has 0 bridgehead atoms. The molecular formula is C12H28N2O3. The van der Waals surface area contributed by atoms with E-state index < -0.39 is 6.10 Å². The molecule has 6 N–H and O–H groups in total. The van der Waals surface area contributed by atoms with Crippen LogP contribution in [0.2, 0.25) is 0 Å². The summed E-state index contributed by atoms with van der Waals surface area (Å²) in [6, 6.07) is 0. The van der Waals surface area contributed by atoms with Gasteiger partial charge in [-0.05, 0) is 12.8 Å². The van der Waals surface area contributed by atoms with E-state index >= 15 is 0 Å². The lowest BCUT2D eigenvalue weighted by Crippen LogP contribution is -2.42.